The maximum Gasteiger partial charge on any atom is 0.338 e. The van der Waals surface area contributed by atoms with Gasteiger partial charge in [0, 0.05) is 17.4 Å². The molecule has 0 saturated carbocycles. The van der Waals surface area contributed by atoms with Crippen LogP contribution in [0.25, 0.3) is 5.76 Å². The molecule has 0 aliphatic carbocycles. The monoisotopic (exact) mass is 514 g/mol. The van der Waals surface area contributed by atoms with E-state index in [0.29, 0.717) is 40.8 Å². The highest BCUT2D eigenvalue weighted by Gasteiger charge is 2.47. The molecule has 1 aliphatic heterocycles. The van der Waals surface area contributed by atoms with E-state index in [-0.39, 0.29) is 17.4 Å². The maximum atomic E-state index is 13.3. The van der Waals surface area contributed by atoms with Crippen LogP contribution in [0.5, 0.6) is 5.75 Å². The first-order chi connectivity index (χ1) is 18.2. The van der Waals surface area contributed by atoms with Crippen LogP contribution in [-0.2, 0) is 14.3 Å². The van der Waals surface area contributed by atoms with Gasteiger partial charge in [0.15, 0.2) is 0 Å². The number of anilines is 1. The summed E-state index contributed by atoms with van der Waals surface area (Å²) in [7, 11) is 0. The van der Waals surface area contributed by atoms with Crippen molar-refractivity contribution in [2.45, 2.75) is 39.8 Å². The molecule has 8 heteroatoms. The Morgan fingerprint density at radius 2 is 1.71 bits per heavy atom. The highest BCUT2D eigenvalue weighted by molar-refractivity contribution is 6.51. The molecule has 1 saturated heterocycles. The number of amides is 1. The molecule has 8 nitrogen and oxygen atoms in total. The van der Waals surface area contributed by atoms with Crippen molar-refractivity contribution in [3.8, 4) is 5.75 Å². The minimum atomic E-state index is -0.982. The molecule has 1 atom stereocenters. The Kier molecular flexibility index (Phi) is 7.90. The Hall–Kier alpha value is -4.46. The Morgan fingerprint density at radius 3 is 2.34 bits per heavy atom. The van der Waals surface area contributed by atoms with Crippen molar-refractivity contribution in [2.75, 3.05) is 11.5 Å². The lowest BCUT2D eigenvalue weighted by Crippen LogP contribution is -2.29. The van der Waals surface area contributed by atoms with Gasteiger partial charge in [-0.3, -0.25) is 19.5 Å². The molecule has 2 aromatic carbocycles. The summed E-state index contributed by atoms with van der Waals surface area (Å²) in [6.45, 7) is 8.05. The highest BCUT2D eigenvalue weighted by Crippen LogP contribution is 2.41. The van der Waals surface area contributed by atoms with Gasteiger partial charge in [-0.1, -0.05) is 32.0 Å². The fourth-order valence-electron chi connectivity index (χ4n) is 4.11. The number of hydrogen-bond donors (Lipinski definition) is 1. The van der Waals surface area contributed by atoms with Gasteiger partial charge in [0.1, 0.15) is 17.6 Å². The van der Waals surface area contributed by atoms with Crippen LogP contribution in [0.1, 0.15) is 55.4 Å². The fraction of sp³-hybridized carbons (Fsp3) is 0.267. The average molecular weight is 515 g/mol. The predicted octanol–water partition coefficient (Wildman–Crippen LogP) is 5.31. The number of nitrogens with zero attached hydrogens (tertiary/aromatic N) is 2. The Bertz CT molecular complexity index is 1360. The SMILES string of the molecule is CC(C)COc1cccc(/C(O)=C2\C(=O)C(=O)N(c3ccc(C(=O)OC(C)C)cc3)C2c2ccccn2)c1. The average Bonchev–Trinajstić information content (AvgIpc) is 3.17. The number of pyridine rings is 1. The van der Waals surface area contributed by atoms with Crippen LogP contribution in [0.15, 0.2) is 78.5 Å². The molecule has 0 spiro atoms. The number of ketones is 1. The summed E-state index contributed by atoms with van der Waals surface area (Å²) in [5, 5.41) is 11.3. The van der Waals surface area contributed by atoms with Gasteiger partial charge in [-0.25, -0.2) is 4.79 Å². The van der Waals surface area contributed by atoms with E-state index in [9.17, 15) is 19.5 Å². The van der Waals surface area contributed by atoms with Crippen molar-refractivity contribution < 1.29 is 29.0 Å². The molecule has 1 unspecified atom stereocenters. The minimum Gasteiger partial charge on any atom is -0.507 e. The van der Waals surface area contributed by atoms with Crippen LogP contribution in [0.3, 0.4) is 0 Å². The van der Waals surface area contributed by atoms with Gasteiger partial charge in [-0.15, -0.1) is 0 Å². The molecule has 1 amide bonds. The van der Waals surface area contributed by atoms with Crippen LogP contribution >= 0.6 is 0 Å². The second kappa shape index (κ2) is 11.3. The quantitative estimate of drug-likeness (QED) is 0.188. The summed E-state index contributed by atoms with van der Waals surface area (Å²) in [4.78, 5) is 44.6. The third kappa shape index (κ3) is 5.59. The van der Waals surface area contributed by atoms with Gasteiger partial charge in [-0.05, 0) is 68.3 Å². The number of aromatic nitrogens is 1. The Balaban J connectivity index is 1.78. The number of ether oxygens (including phenoxy) is 2. The maximum absolute atomic E-state index is 13.3. The van der Waals surface area contributed by atoms with Crippen molar-refractivity contribution in [1.29, 1.82) is 0 Å². The third-order valence-corrected chi connectivity index (χ3v) is 5.83. The first-order valence-electron chi connectivity index (χ1n) is 12.4. The topological polar surface area (TPSA) is 106 Å². The Morgan fingerprint density at radius 1 is 0.974 bits per heavy atom. The van der Waals surface area contributed by atoms with Crippen molar-refractivity contribution in [1.82, 2.24) is 4.98 Å². The van der Waals surface area contributed by atoms with Crippen LogP contribution in [0.2, 0.25) is 0 Å². The molecule has 1 aromatic heterocycles. The van der Waals surface area contributed by atoms with Crippen LogP contribution in [0, 0.1) is 5.92 Å². The summed E-state index contributed by atoms with van der Waals surface area (Å²) >= 11 is 0. The second-order valence-electron chi connectivity index (χ2n) is 9.66. The molecular formula is C30H30N2O6. The number of carbonyl (C=O) groups excluding carboxylic acids is 3. The summed E-state index contributed by atoms with van der Waals surface area (Å²) in [5.41, 5.74) is 1.35. The van der Waals surface area contributed by atoms with Crippen LogP contribution in [-0.4, -0.2) is 40.5 Å². The number of aliphatic hydroxyl groups excluding tert-OH is 1. The Labute approximate surface area is 221 Å². The summed E-state index contributed by atoms with van der Waals surface area (Å²) in [6.07, 6.45) is 1.28. The largest absolute Gasteiger partial charge is 0.507 e. The molecule has 2 heterocycles. The van der Waals surface area contributed by atoms with Crippen molar-refractivity contribution in [2.24, 2.45) is 5.92 Å². The van der Waals surface area contributed by atoms with Crippen molar-refractivity contribution >= 4 is 29.1 Å². The number of aliphatic hydroxyl groups is 1. The first kappa shape index (κ1) is 26.6. The third-order valence-electron chi connectivity index (χ3n) is 5.83. The van der Waals surface area contributed by atoms with E-state index in [1.807, 2.05) is 13.8 Å². The summed E-state index contributed by atoms with van der Waals surface area (Å²) in [5.74, 6) is -1.62. The van der Waals surface area contributed by atoms with E-state index in [0.717, 1.165) is 0 Å². The molecule has 0 radical (unpaired) electrons. The van der Waals surface area contributed by atoms with Gasteiger partial charge >= 0.3 is 5.97 Å². The van der Waals surface area contributed by atoms with Gasteiger partial charge < -0.3 is 14.6 Å². The van der Waals surface area contributed by atoms with E-state index >= 15 is 0 Å². The standard InChI is InChI=1S/C30H30N2O6/c1-18(2)17-37-23-9-7-8-21(16-23)27(33)25-26(24-10-5-6-15-31-24)32(29(35)28(25)34)22-13-11-20(12-14-22)30(36)38-19(3)4/h5-16,18-19,26,33H,17H2,1-4H3/b27-25+. The second-order valence-corrected chi connectivity index (χ2v) is 9.66. The highest BCUT2D eigenvalue weighted by atomic mass is 16.5. The van der Waals surface area contributed by atoms with Gasteiger partial charge in [0.2, 0.25) is 0 Å². The molecule has 1 fully saturated rings. The normalized spacial score (nSPS) is 16.8. The zero-order chi connectivity index (χ0) is 27.4. The van der Waals surface area contributed by atoms with E-state index in [4.69, 9.17) is 9.47 Å². The molecule has 38 heavy (non-hydrogen) atoms. The zero-order valence-electron chi connectivity index (χ0n) is 21.8. The molecule has 196 valence electrons. The summed E-state index contributed by atoms with van der Waals surface area (Å²) in [6, 6.07) is 17.1. The number of carbonyl (C=O) groups is 3. The van der Waals surface area contributed by atoms with Crippen LogP contribution < -0.4 is 9.64 Å². The molecule has 1 aliphatic rings. The molecule has 4 rings (SSSR count). The first-order valence-corrected chi connectivity index (χ1v) is 12.4. The van der Waals surface area contributed by atoms with Crippen molar-refractivity contribution in [3.05, 3.63) is 95.3 Å². The number of benzene rings is 2. The minimum absolute atomic E-state index is 0.0852. The van der Waals surface area contributed by atoms with Crippen molar-refractivity contribution in [3.63, 3.8) is 0 Å². The number of hydrogen-bond acceptors (Lipinski definition) is 7. The fourth-order valence-corrected chi connectivity index (χ4v) is 4.11. The summed E-state index contributed by atoms with van der Waals surface area (Å²) < 4.78 is 11.0. The lowest BCUT2D eigenvalue weighted by Gasteiger charge is -2.24. The molecule has 0 bridgehead atoms. The van der Waals surface area contributed by atoms with E-state index in [1.54, 1.807) is 74.6 Å². The lowest BCUT2D eigenvalue weighted by atomic mass is 9.98. The molecule has 1 N–H and O–H groups in total. The van der Waals surface area contributed by atoms with E-state index in [2.05, 4.69) is 4.98 Å². The smallest absolute Gasteiger partial charge is 0.338 e. The van der Waals surface area contributed by atoms with Crippen LogP contribution in [0.4, 0.5) is 5.69 Å². The zero-order valence-corrected chi connectivity index (χ0v) is 21.8. The molecule has 3 aromatic rings. The number of Topliss-reactive ketones (excluding diaryl/α,β-unsaturated/α-hetero) is 1. The van der Waals surface area contributed by atoms with E-state index < -0.39 is 23.7 Å². The number of rotatable bonds is 8. The number of esters is 1. The van der Waals surface area contributed by atoms with Gasteiger partial charge in [0.25, 0.3) is 11.7 Å². The van der Waals surface area contributed by atoms with Gasteiger partial charge in [-0.2, -0.15) is 0 Å². The predicted molar refractivity (Wildman–Crippen MR) is 143 cm³/mol. The van der Waals surface area contributed by atoms with E-state index in [1.165, 1.54) is 17.0 Å². The molecular weight excluding hydrogens is 484 g/mol. The lowest BCUT2D eigenvalue weighted by molar-refractivity contribution is -0.132. The van der Waals surface area contributed by atoms with Gasteiger partial charge in [0.05, 0.1) is 29.5 Å².